The van der Waals surface area contributed by atoms with Crippen LogP contribution in [0.15, 0.2) is 0 Å². The molecule has 0 saturated carbocycles. The maximum absolute atomic E-state index is 5.85. The predicted octanol–water partition coefficient (Wildman–Crippen LogP) is 1.03. The van der Waals surface area contributed by atoms with E-state index in [1.165, 1.54) is 6.42 Å². The molecule has 0 rings (SSSR count). The smallest absolute Gasteiger partial charge is 0.0563 e. The fourth-order valence-electron chi connectivity index (χ4n) is 1.20. The molecule has 3 nitrogen and oxygen atoms in total. The summed E-state index contributed by atoms with van der Waals surface area (Å²) in [6.07, 6.45) is 2.00. The van der Waals surface area contributed by atoms with Gasteiger partial charge in [-0.1, -0.05) is 13.8 Å². The number of nitrogens with one attached hydrogen (secondary N) is 1. The lowest BCUT2D eigenvalue weighted by atomic mass is 10.0. The Hall–Kier alpha value is -0.120. The van der Waals surface area contributed by atoms with Crippen molar-refractivity contribution in [3.8, 4) is 0 Å². The molecule has 0 spiro atoms. The normalized spacial score (nSPS) is 15.0. The van der Waals surface area contributed by atoms with E-state index >= 15 is 0 Å². The molecule has 3 heteroatoms. The molecule has 0 aromatic carbocycles. The van der Waals surface area contributed by atoms with E-state index in [2.05, 4.69) is 19.2 Å². The SMILES string of the molecule is CC(C)CCNC(N)CC(C)(C)N. The molecule has 0 aromatic heterocycles. The summed E-state index contributed by atoms with van der Waals surface area (Å²) in [5.74, 6) is 0.727. The second-order valence-electron chi connectivity index (χ2n) is 4.94. The van der Waals surface area contributed by atoms with Gasteiger partial charge in [-0.3, -0.25) is 0 Å². The molecule has 13 heavy (non-hydrogen) atoms. The molecule has 0 aliphatic rings. The van der Waals surface area contributed by atoms with Gasteiger partial charge in [0.2, 0.25) is 0 Å². The van der Waals surface area contributed by atoms with Crippen molar-refractivity contribution in [1.29, 1.82) is 0 Å². The zero-order chi connectivity index (χ0) is 10.5. The van der Waals surface area contributed by atoms with E-state index in [1.807, 2.05) is 13.8 Å². The highest BCUT2D eigenvalue weighted by molar-refractivity contribution is 4.77. The molecule has 0 aromatic rings. The third-order valence-electron chi connectivity index (χ3n) is 1.87. The number of rotatable bonds is 6. The molecule has 0 amide bonds. The van der Waals surface area contributed by atoms with Crippen molar-refractivity contribution in [3.05, 3.63) is 0 Å². The van der Waals surface area contributed by atoms with E-state index in [1.54, 1.807) is 0 Å². The van der Waals surface area contributed by atoms with Crippen LogP contribution in [0, 0.1) is 5.92 Å². The minimum atomic E-state index is -0.176. The van der Waals surface area contributed by atoms with Gasteiger partial charge in [-0.05, 0) is 39.2 Å². The Morgan fingerprint density at radius 1 is 1.31 bits per heavy atom. The van der Waals surface area contributed by atoms with Crippen LogP contribution in [0.25, 0.3) is 0 Å². The summed E-state index contributed by atoms with van der Waals surface area (Å²) in [6, 6.07) is 0. The first-order valence-electron chi connectivity index (χ1n) is 5.09. The Balaban J connectivity index is 3.46. The minimum absolute atomic E-state index is 0.0266. The molecule has 0 radical (unpaired) electrons. The molecular formula is C10H25N3. The molecule has 1 unspecified atom stereocenters. The van der Waals surface area contributed by atoms with Crippen LogP contribution in [0.1, 0.15) is 40.5 Å². The largest absolute Gasteiger partial charge is 0.325 e. The second kappa shape index (κ2) is 5.58. The molecule has 0 fully saturated rings. The van der Waals surface area contributed by atoms with E-state index in [0.717, 1.165) is 18.9 Å². The fourth-order valence-corrected chi connectivity index (χ4v) is 1.20. The summed E-state index contributed by atoms with van der Waals surface area (Å²) >= 11 is 0. The van der Waals surface area contributed by atoms with E-state index in [0.29, 0.717) is 0 Å². The summed E-state index contributed by atoms with van der Waals surface area (Å²) < 4.78 is 0. The summed E-state index contributed by atoms with van der Waals surface area (Å²) in [7, 11) is 0. The molecular weight excluding hydrogens is 162 g/mol. The first-order chi connectivity index (χ1) is 5.81. The Bertz CT molecular complexity index is 127. The van der Waals surface area contributed by atoms with Crippen LogP contribution in [0.2, 0.25) is 0 Å². The molecule has 5 N–H and O–H groups in total. The quantitative estimate of drug-likeness (QED) is 0.544. The minimum Gasteiger partial charge on any atom is -0.325 e. The molecule has 0 aliphatic heterocycles. The van der Waals surface area contributed by atoms with Gasteiger partial charge in [0, 0.05) is 5.54 Å². The highest BCUT2D eigenvalue weighted by Crippen LogP contribution is 2.04. The average Bonchev–Trinajstić information content (AvgIpc) is 1.81. The van der Waals surface area contributed by atoms with Gasteiger partial charge in [-0.25, -0.2) is 0 Å². The number of nitrogens with two attached hydrogens (primary N) is 2. The Morgan fingerprint density at radius 3 is 2.23 bits per heavy atom. The van der Waals surface area contributed by atoms with Crippen molar-refractivity contribution in [3.63, 3.8) is 0 Å². The Kier molecular flexibility index (Phi) is 5.53. The maximum atomic E-state index is 5.85. The van der Waals surface area contributed by atoms with Gasteiger partial charge in [-0.15, -0.1) is 0 Å². The van der Waals surface area contributed by atoms with Crippen LogP contribution in [0.4, 0.5) is 0 Å². The Labute approximate surface area is 82.3 Å². The second-order valence-corrected chi connectivity index (χ2v) is 4.94. The predicted molar refractivity (Wildman–Crippen MR) is 58.3 cm³/mol. The fraction of sp³-hybridized carbons (Fsp3) is 1.00. The van der Waals surface area contributed by atoms with Crippen LogP contribution in [-0.2, 0) is 0 Å². The third-order valence-corrected chi connectivity index (χ3v) is 1.87. The lowest BCUT2D eigenvalue weighted by Crippen LogP contribution is -2.46. The van der Waals surface area contributed by atoms with Crippen molar-refractivity contribution < 1.29 is 0 Å². The van der Waals surface area contributed by atoms with Crippen LogP contribution < -0.4 is 16.8 Å². The van der Waals surface area contributed by atoms with E-state index in [-0.39, 0.29) is 11.7 Å². The van der Waals surface area contributed by atoms with E-state index in [9.17, 15) is 0 Å². The third kappa shape index (κ3) is 9.80. The average molecular weight is 187 g/mol. The van der Waals surface area contributed by atoms with Crippen molar-refractivity contribution in [2.75, 3.05) is 6.54 Å². The van der Waals surface area contributed by atoms with Crippen LogP contribution in [0.5, 0.6) is 0 Å². The molecule has 1 atom stereocenters. The van der Waals surface area contributed by atoms with Gasteiger partial charge >= 0.3 is 0 Å². The molecule has 0 bridgehead atoms. The Morgan fingerprint density at radius 2 is 1.85 bits per heavy atom. The van der Waals surface area contributed by atoms with E-state index < -0.39 is 0 Å². The van der Waals surface area contributed by atoms with E-state index in [4.69, 9.17) is 11.5 Å². The first kappa shape index (κ1) is 12.9. The van der Waals surface area contributed by atoms with Crippen molar-refractivity contribution in [2.24, 2.45) is 17.4 Å². The van der Waals surface area contributed by atoms with Gasteiger partial charge in [-0.2, -0.15) is 0 Å². The molecule has 0 aliphatic carbocycles. The van der Waals surface area contributed by atoms with Gasteiger partial charge in [0.1, 0.15) is 0 Å². The topological polar surface area (TPSA) is 64.1 Å². The highest BCUT2D eigenvalue weighted by Gasteiger charge is 2.15. The van der Waals surface area contributed by atoms with Gasteiger partial charge in [0.25, 0.3) is 0 Å². The number of hydrogen-bond acceptors (Lipinski definition) is 3. The summed E-state index contributed by atoms with van der Waals surface area (Å²) in [5.41, 5.74) is 11.5. The van der Waals surface area contributed by atoms with Crippen LogP contribution >= 0.6 is 0 Å². The van der Waals surface area contributed by atoms with Gasteiger partial charge in [0.05, 0.1) is 6.17 Å². The monoisotopic (exact) mass is 187 g/mol. The molecule has 80 valence electrons. The lowest BCUT2D eigenvalue weighted by molar-refractivity contribution is 0.370. The molecule has 0 heterocycles. The van der Waals surface area contributed by atoms with Crippen LogP contribution in [-0.4, -0.2) is 18.2 Å². The zero-order valence-corrected chi connectivity index (χ0v) is 9.43. The lowest BCUT2D eigenvalue weighted by Gasteiger charge is -2.24. The maximum Gasteiger partial charge on any atom is 0.0563 e. The summed E-state index contributed by atoms with van der Waals surface area (Å²) in [6.45, 7) is 9.39. The van der Waals surface area contributed by atoms with Crippen molar-refractivity contribution in [2.45, 2.75) is 52.2 Å². The summed E-state index contributed by atoms with van der Waals surface area (Å²) in [4.78, 5) is 0. The standard InChI is InChI=1S/C10H25N3/c1-8(2)5-6-13-9(11)7-10(3,4)12/h8-9,13H,5-7,11-12H2,1-4H3. The van der Waals surface area contributed by atoms with Crippen molar-refractivity contribution >= 4 is 0 Å². The summed E-state index contributed by atoms with van der Waals surface area (Å²) in [5, 5.41) is 3.27. The van der Waals surface area contributed by atoms with Gasteiger partial charge < -0.3 is 16.8 Å². The first-order valence-corrected chi connectivity index (χ1v) is 5.09. The molecule has 0 saturated heterocycles. The van der Waals surface area contributed by atoms with Crippen LogP contribution in [0.3, 0.4) is 0 Å². The van der Waals surface area contributed by atoms with Gasteiger partial charge in [0.15, 0.2) is 0 Å². The zero-order valence-electron chi connectivity index (χ0n) is 9.43. The highest BCUT2D eigenvalue weighted by atomic mass is 15.0. The number of hydrogen-bond donors (Lipinski definition) is 3. The van der Waals surface area contributed by atoms with Crippen molar-refractivity contribution in [1.82, 2.24) is 5.32 Å².